The number of hydrogen-bond donors (Lipinski definition) is 2. The van der Waals surface area contributed by atoms with Crippen LogP contribution in [-0.4, -0.2) is 39.9 Å². The van der Waals surface area contributed by atoms with E-state index in [1.807, 2.05) is 12.1 Å². The number of nitrogens with zero attached hydrogens (tertiary/aromatic N) is 3. The van der Waals surface area contributed by atoms with Crippen LogP contribution in [-0.2, 0) is 34.6 Å². The zero-order valence-electron chi connectivity index (χ0n) is 21.0. The van der Waals surface area contributed by atoms with Crippen LogP contribution in [0.2, 0.25) is 0 Å². The van der Waals surface area contributed by atoms with E-state index in [1.54, 1.807) is 0 Å². The highest BCUT2D eigenvalue weighted by Gasteiger charge is 2.38. The summed E-state index contributed by atoms with van der Waals surface area (Å²) in [7, 11) is 2.10. The summed E-state index contributed by atoms with van der Waals surface area (Å²) in [5, 5.41) is 10.3. The van der Waals surface area contributed by atoms with Gasteiger partial charge in [0, 0.05) is 38.9 Å². The van der Waals surface area contributed by atoms with E-state index in [0.717, 1.165) is 50.6 Å². The Morgan fingerprint density at radius 1 is 1.12 bits per heavy atom. The smallest absolute Gasteiger partial charge is 0.227 e. The summed E-state index contributed by atoms with van der Waals surface area (Å²) in [5.41, 5.74) is 1.76. The van der Waals surface area contributed by atoms with Crippen molar-refractivity contribution in [3.63, 3.8) is 0 Å². The lowest BCUT2D eigenvalue weighted by Gasteiger charge is -2.30. The zero-order valence-corrected chi connectivity index (χ0v) is 21.0. The second kappa shape index (κ2) is 12.1. The molecule has 0 radical (unpaired) electrons. The Balaban J connectivity index is 1.56. The van der Waals surface area contributed by atoms with E-state index in [-0.39, 0.29) is 18.2 Å². The van der Waals surface area contributed by atoms with Crippen LogP contribution >= 0.6 is 0 Å². The van der Waals surface area contributed by atoms with Crippen molar-refractivity contribution in [1.29, 1.82) is 0 Å². The second-order valence-corrected chi connectivity index (χ2v) is 9.74. The molecule has 0 spiro atoms. The summed E-state index contributed by atoms with van der Waals surface area (Å²) in [6.07, 6.45) is 6.55. The fourth-order valence-electron chi connectivity index (χ4n) is 4.46. The first kappa shape index (κ1) is 25.9. The first-order chi connectivity index (χ1) is 16.3. The lowest BCUT2D eigenvalue weighted by Crippen LogP contribution is -2.45. The maximum absolute atomic E-state index is 12.5. The summed E-state index contributed by atoms with van der Waals surface area (Å²) in [4.78, 5) is 31.3. The van der Waals surface area contributed by atoms with Gasteiger partial charge in [-0.3, -0.25) is 14.5 Å². The molecular formula is C26H39N5O3. The van der Waals surface area contributed by atoms with Crippen LogP contribution in [0.1, 0.15) is 88.6 Å². The van der Waals surface area contributed by atoms with Gasteiger partial charge in [-0.05, 0) is 44.9 Å². The van der Waals surface area contributed by atoms with E-state index in [2.05, 4.69) is 58.7 Å². The highest BCUT2D eigenvalue weighted by atomic mass is 16.5. The van der Waals surface area contributed by atoms with Crippen LogP contribution in [0.3, 0.4) is 0 Å². The molecule has 0 atom stereocenters. The van der Waals surface area contributed by atoms with Crippen LogP contribution < -0.4 is 10.6 Å². The second-order valence-electron chi connectivity index (χ2n) is 9.74. The average Bonchev–Trinajstić information content (AvgIpc) is 3.16. The Morgan fingerprint density at radius 3 is 2.44 bits per heavy atom. The predicted octanol–water partition coefficient (Wildman–Crippen LogP) is 3.84. The molecule has 186 valence electrons. The number of aryl methyl sites for hydroxylation is 1. The summed E-state index contributed by atoms with van der Waals surface area (Å²) in [5.74, 6) is 0.812. The van der Waals surface area contributed by atoms with Gasteiger partial charge in [-0.25, -0.2) is 0 Å². The molecule has 1 aromatic heterocycles. The minimum absolute atomic E-state index is 0.0576. The minimum atomic E-state index is -0.570. The molecule has 2 N–H and O–H groups in total. The van der Waals surface area contributed by atoms with Crippen molar-refractivity contribution in [2.75, 3.05) is 7.05 Å². The minimum Gasteiger partial charge on any atom is -0.352 e. The molecule has 0 bridgehead atoms. The highest BCUT2D eigenvalue weighted by Crippen LogP contribution is 2.34. The number of nitrogens with one attached hydrogen (secondary N) is 2. The maximum Gasteiger partial charge on any atom is 0.227 e. The van der Waals surface area contributed by atoms with E-state index in [0.29, 0.717) is 30.7 Å². The molecule has 34 heavy (non-hydrogen) atoms. The van der Waals surface area contributed by atoms with E-state index >= 15 is 0 Å². The Bertz CT molecular complexity index is 947. The van der Waals surface area contributed by atoms with E-state index in [9.17, 15) is 9.59 Å². The van der Waals surface area contributed by atoms with Gasteiger partial charge < -0.3 is 15.2 Å². The van der Waals surface area contributed by atoms with Crippen LogP contribution in [0.15, 0.2) is 28.8 Å². The molecular weight excluding hydrogens is 430 g/mol. The molecule has 1 aromatic carbocycles. The Kier molecular flexibility index (Phi) is 9.21. The van der Waals surface area contributed by atoms with Gasteiger partial charge in [0.15, 0.2) is 5.82 Å². The quantitative estimate of drug-likeness (QED) is 0.513. The summed E-state index contributed by atoms with van der Waals surface area (Å²) in [6.45, 7) is 7.19. The summed E-state index contributed by atoms with van der Waals surface area (Å²) < 4.78 is 5.47. The first-order valence-electron chi connectivity index (χ1n) is 12.4. The monoisotopic (exact) mass is 469 g/mol. The van der Waals surface area contributed by atoms with E-state index in [4.69, 9.17) is 4.52 Å². The van der Waals surface area contributed by atoms with Gasteiger partial charge in [-0.2, -0.15) is 4.98 Å². The molecule has 1 aliphatic rings. The fraction of sp³-hybridized carbons (Fsp3) is 0.615. The normalized spacial score (nSPS) is 15.8. The number of hydrogen-bond acceptors (Lipinski definition) is 6. The zero-order chi connectivity index (χ0) is 24.6. The van der Waals surface area contributed by atoms with Crippen molar-refractivity contribution in [3.8, 4) is 0 Å². The third-order valence-corrected chi connectivity index (χ3v) is 6.73. The molecule has 1 fully saturated rings. The summed E-state index contributed by atoms with van der Waals surface area (Å²) in [6, 6.07) is 8.65. The molecule has 0 unspecified atom stereocenters. The topological polar surface area (TPSA) is 100 Å². The maximum atomic E-state index is 12.5. The van der Waals surface area contributed by atoms with Crippen LogP contribution in [0, 0.1) is 0 Å². The van der Waals surface area contributed by atoms with Crippen molar-refractivity contribution in [2.24, 2.45) is 0 Å². The van der Waals surface area contributed by atoms with E-state index in [1.165, 1.54) is 12.5 Å². The molecule has 2 amide bonds. The van der Waals surface area contributed by atoms with Gasteiger partial charge in [-0.15, -0.1) is 0 Å². The Hall–Kier alpha value is -2.74. The van der Waals surface area contributed by atoms with Gasteiger partial charge >= 0.3 is 0 Å². The first-order valence-corrected chi connectivity index (χ1v) is 12.4. The lowest BCUT2D eigenvalue weighted by molar-refractivity contribution is -0.122. The highest BCUT2D eigenvalue weighted by molar-refractivity contribution is 5.76. The molecule has 1 saturated carbocycles. The largest absolute Gasteiger partial charge is 0.352 e. The summed E-state index contributed by atoms with van der Waals surface area (Å²) >= 11 is 0. The fourth-order valence-corrected chi connectivity index (χ4v) is 4.46. The SMILES string of the molecule is CC(=O)NC1(c2noc(CCC(=O)NCc3ccccc3CN(C)C(C)C)n2)CCCCCC1. The van der Waals surface area contributed by atoms with Crippen molar-refractivity contribution in [1.82, 2.24) is 25.7 Å². The molecule has 0 aliphatic heterocycles. The van der Waals surface area contributed by atoms with Crippen LogP contribution in [0.25, 0.3) is 0 Å². The molecule has 8 heteroatoms. The van der Waals surface area contributed by atoms with Crippen LogP contribution in [0.5, 0.6) is 0 Å². The standard InChI is InChI=1S/C26H39N5O3/c1-19(2)31(4)18-22-12-8-7-11-21(22)17-27-23(33)13-14-24-28-25(30-34-24)26(29-20(3)32)15-9-5-6-10-16-26/h7-8,11-12,19H,5-6,9-10,13-18H2,1-4H3,(H,27,33)(H,29,32). The van der Waals surface area contributed by atoms with Gasteiger partial charge in [-0.1, -0.05) is 55.1 Å². The number of carbonyl (C=O) groups excluding carboxylic acids is 2. The molecule has 3 rings (SSSR count). The average molecular weight is 470 g/mol. The third kappa shape index (κ3) is 7.13. The number of carbonyl (C=O) groups is 2. The Morgan fingerprint density at radius 2 is 1.79 bits per heavy atom. The molecule has 2 aromatic rings. The number of benzene rings is 1. The molecule has 1 aliphatic carbocycles. The van der Waals surface area contributed by atoms with E-state index < -0.39 is 5.54 Å². The van der Waals surface area contributed by atoms with Crippen molar-refractivity contribution < 1.29 is 14.1 Å². The predicted molar refractivity (Wildman–Crippen MR) is 131 cm³/mol. The molecule has 8 nitrogen and oxygen atoms in total. The van der Waals surface area contributed by atoms with Gasteiger partial charge in [0.1, 0.15) is 5.54 Å². The molecule has 1 heterocycles. The number of aromatic nitrogens is 2. The lowest BCUT2D eigenvalue weighted by atomic mass is 9.89. The number of rotatable bonds is 10. The molecule has 0 saturated heterocycles. The van der Waals surface area contributed by atoms with Crippen LogP contribution in [0.4, 0.5) is 0 Å². The third-order valence-electron chi connectivity index (χ3n) is 6.73. The Labute approximate surface area is 202 Å². The van der Waals surface area contributed by atoms with Gasteiger partial charge in [0.05, 0.1) is 0 Å². The van der Waals surface area contributed by atoms with Crippen molar-refractivity contribution in [2.45, 2.75) is 96.8 Å². The number of amides is 2. The van der Waals surface area contributed by atoms with Crippen molar-refractivity contribution >= 4 is 11.8 Å². The van der Waals surface area contributed by atoms with Gasteiger partial charge in [0.2, 0.25) is 17.7 Å². The van der Waals surface area contributed by atoms with Gasteiger partial charge in [0.25, 0.3) is 0 Å². The van der Waals surface area contributed by atoms with Crippen molar-refractivity contribution in [3.05, 3.63) is 47.1 Å².